The highest BCUT2D eigenvalue weighted by Crippen LogP contribution is 2.49. The third-order valence-corrected chi connectivity index (χ3v) is 16.3. The molecule has 4 aliphatic rings. The number of halogens is 1. The Balaban J connectivity index is 1.09. The number of carbonyl (C=O) groups is 7. The number of fused-ring (bicyclic) bond motifs is 6. The molecule has 86 heavy (non-hydrogen) atoms. The van der Waals surface area contributed by atoms with Crippen LogP contribution < -0.4 is 52.6 Å². The third-order valence-electron chi connectivity index (χ3n) is 15.7. The van der Waals surface area contributed by atoms with Crippen LogP contribution >= 0.6 is 23.8 Å². The molecule has 0 spiro atoms. The summed E-state index contributed by atoms with van der Waals surface area (Å²) < 4.78 is 29.7. The number of nitrogens with two attached hydrogens (primary N) is 1. The van der Waals surface area contributed by atoms with Crippen molar-refractivity contribution in [2.24, 2.45) is 17.6 Å². The first-order chi connectivity index (χ1) is 40.9. The molecule has 7 rings (SSSR count). The number of thiocarbonyl (C=S) groups is 1. The molecule has 0 aliphatic carbocycles. The van der Waals surface area contributed by atoms with Gasteiger partial charge in [0.15, 0.2) is 10.8 Å². The normalized spacial score (nSPS) is 25.5. The van der Waals surface area contributed by atoms with Crippen molar-refractivity contribution < 1.29 is 67.5 Å². The van der Waals surface area contributed by atoms with Crippen molar-refractivity contribution in [3.8, 4) is 5.75 Å². The Hall–Kier alpha value is -7.62. The highest BCUT2D eigenvalue weighted by molar-refractivity contribution is 7.80. The van der Waals surface area contributed by atoms with Crippen LogP contribution in [0.25, 0.3) is 10.9 Å². The maximum absolute atomic E-state index is 14.6. The quantitative estimate of drug-likeness (QED) is 0.0396. The van der Waals surface area contributed by atoms with E-state index >= 15 is 0 Å². The van der Waals surface area contributed by atoms with E-state index in [0.29, 0.717) is 62.0 Å². The number of allylic oxidation sites excluding steroid dienone is 3. The summed E-state index contributed by atoms with van der Waals surface area (Å²) in [5, 5.41) is 42.5. The average Bonchev–Trinajstić information content (AvgIpc) is 1.63. The molecule has 5 heterocycles. The molecule has 27 heteroatoms. The minimum absolute atomic E-state index is 0.121. The van der Waals surface area contributed by atoms with E-state index in [-0.39, 0.29) is 58.2 Å². The lowest BCUT2D eigenvalue weighted by atomic mass is 9.83. The maximum Gasteiger partial charge on any atom is 0.412 e. The van der Waals surface area contributed by atoms with Crippen LogP contribution in [0.3, 0.4) is 0 Å². The van der Waals surface area contributed by atoms with Gasteiger partial charge in [-0.25, -0.2) is 14.4 Å². The third kappa shape index (κ3) is 16.5. The van der Waals surface area contributed by atoms with E-state index in [0.717, 1.165) is 11.1 Å². The Bertz CT molecular complexity index is 3130. The van der Waals surface area contributed by atoms with Gasteiger partial charge in [-0.2, -0.15) is 0 Å². The number of aromatic nitrogens is 1. The van der Waals surface area contributed by atoms with E-state index in [1.54, 1.807) is 63.4 Å². The number of anilines is 3. The number of epoxide rings is 1. The van der Waals surface area contributed by atoms with E-state index in [2.05, 4.69) is 42.2 Å². The fourth-order valence-electron chi connectivity index (χ4n) is 10.8. The first-order valence-corrected chi connectivity index (χ1v) is 29.2. The first kappa shape index (κ1) is 65.9. The van der Waals surface area contributed by atoms with Gasteiger partial charge in [0, 0.05) is 63.8 Å². The smallest absolute Gasteiger partial charge is 0.412 e. The predicted molar refractivity (Wildman–Crippen MR) is 325 cm³/mol. The number of ether oxygens (including phenoxy) is 5. The molecule has 0 radical (unpaired) electrons. The van der Waals surface area contributed by atoms with Gasteiger partial charge in [-0.1, -0.05) is 56.2 Å². The second-order valence-electron chi connectivity index (χ2n) is 22.3. The number of alkyl carbamates (subject to hydrolysis) is 1. The number of primary amides is 1. The highest BCUT2D eigenvalue weighted by Gasteiger charge is 2.64. The number of unbranched alkanes of at least 4 members (excludes halogenated alkanes) is 2. The number of rotatable bonds is 20. The Morgan fingerprint density at radius 3 is 2.43 bits per heavy atom. The molecule has 466 valence electrons. The molecule has 2 fully saturated rings. The van der Waals surface area contributed by atoms with Gasteiger partial charge >= 0.3 is 18.2 Å². The zero-order valence-corrected chi connectivity index (χ0v) is 51.0. The summed E-state index contributed by atoms with van der Waals surface area (Å²) in [4.78, 5) is 101. The van der Waals surface area contributed by atoms with E-state index in [4.69, 9.17) is 53.2 Å². The summed E-state index contributed by atoms with van der Waals surface area (Å²) in [7, 11) is 4.41. The summed E-state index contributed by atoms with van der Waals surface area (Å²) in [6.07, 6.45) is 4.61. The molecular formula is C59H78ClN11O14S. The molecule has 4 bridgehead atoms. The number of pyridine rings is 1. The standard InChI is InChI=1S/C59H78ClN11O14S/c1-32(2)49(68-55(86)64-24-11-12-26-71-45(72)21-22-46(71)73)53(76)66-39(17-9-10-23-63-54(61)77)52(75)65-37-19-20-38(50-36(37)16-14-25-62-50)67-56(78)84-44-30-47(74)70(6)40-28-35(29-41(81-7)48(40)60)27-33(3)15-13-18-43(82-8)59(80)31-42(83-57(79)69-59)34(4)51-58(44,5)85-51/h13-16,18-22,25,28-29,32,34,39,42-45,49,51,72,80H,9-12,17,23-24,26-27,30-31H2,1-8H3,(H,65,75)(H,66,76)(H,67,78)(H,69,79)(H3,61,63,77)(H2,64,68,86)/b18-13+,33-15+/t34-,39+,42+,43-,44+,45?,49+,51+,58+,59+/m1/s1. The Morgan fingerprint density at radius 2 is 1.73 bits per heavy atom. The number of amides is 8. The predicted octanol–water partition coefficient (Wildman–Crippen LogP) is 5.17. The van der Waals surface area contributed by atoms with Crippen LogP contribution in [0.2, 0.25) is 5.02 Å². The van der Waals surface area contributed by atoms with Gasteiger partial charge in [0.1, 0.15) is 53.0 Å². The fraction of sp³-hybridized carbons (Fsp3) is 0.508. The SMILES string of the molecule is COc1cc2cc(c1Cl)N(C)C(=O)C[C@H](OC(=O)Nc1ccc(NC(=O)[C@H](CCCCNC(N)=O)NC(=O)[C@@H](NC(=S)NCCCCN3C(=O)C=CC3O)C(C)C)c3cccnc13)[C@]1(C)O[C@H]1[C@H](C)[C@@H]1C[C@@](O)(NC(=O)O1)[C@H](OC)/C=C/C=C(\C)C2. The zero-order chi connectivity index (χ0) is 62.6. The number of nitrogens with zero attached hydrogens (tertiary/aromatic N) is 3. The molecule has 11 N–H and O–H groups in total. The monoisotopic (exact) mass is 1230 g/mol. The largest absolute Gasteiger partial charge is 0.495 e. The molecule has 2 saturated heterocycles. The number of aliphatic hydroxyl groups is 2. The van der Waals surface area contributed by atoms with Crippen molar-refractivity contribution in [3.63, 3.8) is 0 Å². The lowest BCUT2D eigenvalue weighted by molar-refractivity contribution is -0.142. The number of aliphatic hydroxyl groups excluding tert-OH is 1. The Morgan fingerprint density at radius 1 is 1.00 bits per heavy atom. The first-order valence-electron chi connectivity index (χ1n) is 28.5. The molecule has 0 saturated carbocycles. The van der Waals surface area contributed by atoms with Gasteiger partial charge in [-0.05, 0) is 119 Å². The van der Waals surface area contributed by atoms with Gasteiger partial charge in [0.05, 0.1) is 42.2 Å². The maximum atomic E-state index is 14.6. The van der Waals surface area contributed by atoms with E-state index in [1.165, 1.54) is 48.4 Å². The number of hydrogen-bond acceptors (Lipinski definition) is 16. The van der Waals surface area contributed by atoms with Crippen LogP contribution in [0, 0.1) is 11.8 Å². The van der Waals surface area contributed by atoms with Crippen molar-refractivity contribution in [1.29, 1.82) is 0 Å². The highest BCUT2D eigenvalue weighted by atomic mass is 35.5. The summed E-state index contributed by atoms with van der Waals surface area (Å²) in [5.74, 6) is -2.47. The van der Waals surface area contributed by atoms with Crippen molar-refractivity contribution in [1.82, 2.24) is 36.5 Å². The van der Waals surface area contributed by atoms with Crippen LogP contribution in [0.4, 0.5) is 31.4 Å². The average molecular weight is 1230 g/mol. The molecule has 3 aromatic rings. The topological polar surface area (TPSA) is 339 Å². The van der Waals surface area contributed by atoms with Crippen molar-refractivity contribution in [3.05, 3.63) is 89.1 Å². The molecule has 4 aliphatic heterocycles. The van der Waals surface area contributed by atoms with E-state index in [9.17, 15) is 43.8 Å². The number of nitrogens with one attached hydrogen (secondary N) is 7. The summed E-state index contributed by atoms with van der Waals surface area (Å²) in [6, 6.07) is 7.22. The van der Waals surface area contributed by atoms with Gasteiger partial charge in [-0.3, -0.25) is 34.8 Å². The lowest BCUT2D eigenvalue weighted by Crippen LogP contribution is -2.63. The summed E-state index contributed by atoms with van der Waals surface area (Å²) in [5.41, 5.74) is 4.65. The minimum atomic E-state index is -1.91. The Kier molecular flexibility index (Phi) is 22.4. The van der Waals surface area contributed by atoms with Crippen LogP contribution in [-0.2, 0) is 44.5 Å². The van der Waals surface area contributed by atoms with Gasteiger partial charge < -0.3 is 76.0 Å². The number of benzene rings is 2. The van der Waals surface area contributed by atoms with Crippen molar-refractivity contribution in [2.75, 3.05) is 56.4 Å². The Labute approximate surface area is 509 Å². The molecular weight excluding hydrogens is 1150 g/mol. The van der Waals surface area contributed by atoms with Crippen LogP contribution in [0.1, 0.15) is 85.1 Å². The summed E-state index contributed by atoms with van der Waals surface area (Å²) >= 11 is 12.4. The second kappa shape index (κ2) is 29.2. The summed E-state index contributed by atoms with van der Waals surface area (Å²) in [6.45, 7) is 9.99. The van der Waals surface area contributed by atoms with Gasteiger partial charge in [-0.15, -0.1) is 0 Å². The zero-order valence-electron chi connectivity index (χ0n) is 49.4. The van der Waals surface area contributed by atoms with Crippen molar-refractivity contribution >= 4 is 98.7 Å². The van der Waals surface area contributed by atoms with Crippen molar-refractivity contribution in [2.45, 2.75) is 140 Å². The molecule has 1 aromatic heterocycles. The van der Waals surface area contributed by atoms with Gasteiger partial charge in [0.25, 0.3) is 0 Å². The van der Waals surface area contributed by atoms with E-state index in [1.807, 2.05) is 26.8 Å². The number of urea groups is 1. The molecule has 2 aromatic carbocycles. The number of methoxy groups -OCH3 is 2. The molecule has 10 atom stereocenters. The minimum Gasteiger partial charge on any atom is -0.495 e. The van der Waals surface area contributed by atoms with E-state index < -0.39 is 102 Å². The fourth-order valence-corrected chi connectivity index (χ4v) is 11.3. The molecule has 25 nitrogen and oxygen atoms in total. The van der Waals surface area contributed by atoms with Crippen LogP contribution in [0.15, 0.2) is 78.5 Å². The lowest BCUT2D eigenvalue weighted by Gasteiger charge is -2.42. The number of carbonyl (C=O) groups excluding carboxylic acids is 7. The van der Waals surface area contributed by atoms with Gasteiger partial charge in [0.2, 0.25) is 23.6 Å². The van der Waals surface area contributed by atoms with Crippen LogP contribution in [-0.4, -0.2) is 162 Å². The second-order valence-corrected chi connectivity index (χ2v) is 23.1. The molecule has 8 amide bonds. The molecule has 1 unspecified atom stereocenters. The number of hydrogen-bond donors (Lipinski definition) is 10. The van der Waals surface area contributed by atoms with Crippen LogP contribution in [0.5, 0.6) is 5.75 Å².